The molecule has 1 amide bonds. The maximum atomic E-state index is 12.1. The molecule has 1 N–H and O–H groups in total. The zero-order chi connectivity index (χ0) is 12.8. The van der Waals surface area contributed by atoms with Crippen LogP contribution in [0.5, 0.6) is 0 Å². The Hall–Kier alpha value is -1.06. The van der Waals surface area contributed by atoms with Crippen LogP contribution in [-0.4, -0.2) is 31.4 Å². The molecule has 4 heteroatoms. The molecule has 2 unspecified atom stereocenters. The van der Waals surface area contributed by atoms with E-state index in [4.69, 9.17) is 0 Å². The maximum absolute atomic E-state index is 12.1. The lowest BCUT2D eigenvalue weighted by Gasteiger charge is -2.28. The summed E-state index contributed by atoms with van der Waals surface area (Å²) in [5, 5.41) is 3.03. The number of rotatable bonds is 5. The number of hydrogen-bond acceptors (Lipinski definition) is 2. The second kappa shape index (κ2) is 8.11. The van der Waals surface area contributed by atoms with Crippen molar-refractivity contribution in [1.82, 2.24) is 10.2 Å². The van der Waals surface area contributed by atoms with E-state index in [1.165, 1.54) is 5.56 Å². The Balaban J connectivity index is 0.00000289. The molecule has 18 heavy (non-hydrogen) atoms. The molecule has 0 aliphatic rings. The minimum Gasteiger partial charge on any atom is -0.339 e. The van der Waals surface area contributed by atoms with Crippen molar-refractivity contribution >= 4 is 18.3 Å². The monoisotopic (exact) mass is 270 g/mol. The average molecular weight is 271 g/mol. The number of carbonyl (C=O) groups excluding carboxylic acids is 1. The molecule has 0 bridgehead atoms. The quantitative estimate of drug-likeness (QED) is 0.892. The molecule has 1 aromatic carbocycles. The van der Waals surface area contributed by atoms with Gasteiger partial charge in [-0.1, -0.05) is 37.3 Å². The number of nitrogens with one attached hydrogen (secondary N) is 1. The summed E-state index contributed by atoms with van der Waals surface area (Å²) in [7, 11) is 3.73. The molecule has 0 aliphatic heterocycles. The molecule has 0 spiro atoms. The van der Waals surface area contributed by atoms with Crippen molar-refractivity contribution in [3.63, 3.8) is 0 Å². The summed E-state index contributed by atoms with van der Waals surface area (Å²) in [6, 6.07) is 10.2. The van der Waals surface area contributed by atoms with Gasteiger partial charge in [0.2, 0.25) is 5.91 Å². The van der Waals surface area contributed by atoms with E-state index >= 15 is 0 Å². The average Bonchev–Trinajstić information content (AvgIpc) is 2.37. The minimum absolute atomic E-state index is 0. The third-order valence-electron chi connectivity index (χ3n) is 3.14. The SMILES string of the molecule is CNCC(C)C(=O)N(C)C(C)c1ccccc1.Cl. The number of hydrogen-bond donors (Lipinski definition) is 1. The summed E-state index contributed by atoms with van der Waals surface area (Å²) in [5.41, 5.74) is 1.17. The minimum atomic E-state index is 0. The largest absolute Gasteiger partial charge is 0.339 e. The highest BCUT2D eigenvalue weighted by atomic mass is 35.5. The molecular formula is C14H23ClN2O. The molecule has 0 aromatic heterocycles. The van der Waals surface area contributed by atoms with Gasteiger partial charge in [0.15, 0.2) is 0 Å². The van der Waals surface area contributed by atoms with Gasteiger partial charge in [0.05, 0.1) is 6.04 Å². The van der Waals surface area contributed by atoms with Crippen molar-refractivity contribution < 1.29 is 4.79 Å². The van der Waals surface area contributed by atoms with Gasteiger partial charge in [-0.05, 0) is 19.5 Å². The van der Waals surface area contributed by atoms with Crippen LogP contribution in [0.1, 0.15) is 25.5 Å². The number of halogens is 1. The summed E-state index contributed by atoms with van der Waals surface area (Å²) in [6.45, 7) is 4.72. The van der Waals surface area contributed by atoms with Crippen molar-refractivity contribution in [2.24, 2.45) is 5.92 Å². The molecule has 102 valence electrons. The molecule has 2 atom stereocenters. The Morgan fingerprint density at radius 3 is 2.33 bits per heavy atom. The molecule has 0 fully saturated rings. The van der Waals surface area contributed by atoms with Crippen molar-refractivity contribution in [1.29, 1.82) is 0 Å². The first-order valence-corrected chi connectivity index (χ1v) is 6.04. The second-order valence-corrected chi connectivity index (χ2v) is 4.49. The fourth-order valence-corrected chi connectivity index (χ4v) is 1.89. The normalized spacial score (nSPS) is 13.3. The van der Waals surface area contributed by atoms with Crippen LogP contribution in [0.2, 0.25) is 0 Å². The van der Waals surface area contributed by atoms with Crippen LogP contribution in [0.3, 0.4) is 0 Å². The molecule has 3 nitrogen and oxygen atoms in total. The molecule has 1 aromatic rings. The zero-order valence-electron chi connectivity index (χ0n) is 11.5. The van der Waals surface area contributed by atoms with E-state index in [2.05, 4.69) is 24.4 Å². The predicted molar refractivity (Wildman–Crippen MR) is 78.0 cm³/mol. The molecule has 0 saturated carbocycles. The molecule has 0 radical (unpaired) electrons. The standard InChI is InChI=1S/C14H22N2O.ClH/c1-11(10-15-3)14(17)16(4)12(2)13-8-6-5-7-9-13;/h5-9,11-12,15H,10H2,1-4H3;1H. The second-order valence-electron chi connectivity index (χ2n) is 4.49. The van der Waals surface area contributed by atoms with Gasteiger partial charge >= 0.3 is 0 Å². The van der Waals surface area contributed by atoms with Crippen LogP contribution in [-0.2, 0) is 4.79 Å². The third-order valence-corrected chi connectivity index (χ3v) is 3.14. The van der Waals surface area contributed by atoms with E-state index in [1.54, 1.807) is 0 Å². The van der Waals surface area contributed by atoms with Crippen molar-refractivity contribution in [3.05, 3.63) is 35.9 Å². The van der Waals surface area contributed by atoms with Crippen LogP contribution in [0.4, 0.5) is 0 Å². The fourth-order valence-electron chi connectivity index (χ4n) is 1.89. The van der Waals surface area contributed by atoms with E-state index in [0.717, 1.165) is 0 Å². The van der Waals surface area contributed by atoms with E-state index in [1.807, 2.05) is 44.1 Å². The van der Waals surface area contributed by atoms with Crippen molar-refractivity contribution in [2.75, 3.05) is 20.6 Å². The van der Waals surface area contributed by atoms with Gasteiger partial charge in [-0.15, -0.1) is 12.4 Å². The van der Waals surface area contributed by atoms with E-state index in [0.29, 0.717) is 6.54 Å². The first kappa shape index (κ1) is 16.9. The topological polar surface area (TPSA) is 32.3 Å². The van der Waals surface area contributed by atoms with Crippen LogP contribution in [0.15, 0.2) is 30.3 Å². The lowest BCUT2D eigenvalue weighted by Crippen LogP contribution is -2.37. The molecule has 0 aliphatic carbocycles. The van der Waals surface area contributed by atoms with Crippen LogP contribution < -0.4 is 5.32 Å². The van der Waals surface area contributed by atoms with E-state index < -0.39 is 0 Å². The Morgan fingerprint density at radius 2 is 1.83 bits per heavy atom. The highest BCUT2D eigenvalue weighted by Gasteiger charge is 2.21. The highest BCUT2D eigenvalue weighted by Crippen LogP contribution is 2.19. The van der Waals surface area contributed by atoms with Gasteiger partial charge in [-0.25, -0.2) is 0 Å². The number of nitrogens with zero attached hydrogens (tertiary/aromatic N) is 1. The van der Waals surface area contributed by atoms with Crippen LogP contribution >= 0.6 is 12.4 Å². The van der Waals surface area contributed by atoms with Gasteiger partial charge in [0, 0.05) is 19.5 Å². The lowest BCUT2D eigenvalue weighted by molar-refractivity contribution is -0.135. The van der Waals surface area contributed by atoms with Crippen molar-refractivity contribution in [3.8, 4) is 0 Å². The summed E-state index contributed by atoms with van der Waals surface area (Å²) in [6.07, 6.45) is 0. The fraction of sp³-hybridized carbons (Fsp3) is 0.500. The summed E-state index contributed by atoms with van der Waals surface area (Å²) >= 11 is 0. The first-order valence-electron chi connectivity index (χ1n) is 6.04. The zero-order valence-corrected chi connectivity index (χ0v) is 12.3. The van der Waals surface area contributed by atoms with Gasteiger partial charge in [0.1, 0.15) is 0 Å². The number of amides is 1. The number of benzene rings is 1. The molecule has 0 heterocycles. The summed E-state index contributed by atoms with van der Waals surface area (Å²) in [4.78, 5) is 14.0. The molecular weight excluding hydrogens is 248 g/mol. The van der Waals surface area contributed by atoms with Gasteiger partial charge in [0.25, 0.3) is 0 Å². The van der Waals surface area contributed by atoms with E-state index in [9.17, 15) is 4.79 Å². The van der Waals surface area contributed by atoms with Crippen LogP contribution in [0.25, 0.3) is 0 Å². The number of carbonyl (C=O) groups is 1. The van der Waals surface area contributed by atoms with Crippen molar-refractivity contribution in [2.45, 2.75) is 19.9 Å². The first-order chi connectivity index (χ1) is 8.07. The molecule has 0 saturated heterocycles. The third kappa shape index (κ3) is 4.31. The van der Waals surface area contributed by atoms with Gasteiger partial charge in [-0.3, -0.25) is 4.79 Å². The van der Waals surface area contributed by atoms with Gasteiger partial charge in [-0.2, -0.15) is 0 Å². The highest BCUT2D eigenvalue weighted by molar-refractivity contribution is 5.85. The Kier molecular flexibility index (Phi) is 7.64. The Bertz CT molecular complexity index is 356. The summed E-state index contributed by atoms with van der Waals surface area (Å²) < 4.78 is 0. The Morgan fingerprint density at radius 1 is 1.28 bits per heavy atom. The van der Waals surface area contributed by atoms with Crippen LogP contribution in [0, 0.1) is 5.92 Å². The smallest absolute Gasteiger partial charge is 0.226 e. The Labute approximate surface area is 116 Å². The maximum Gasteiger partial charge on any atom is 0.226 e. The van der Waals surface area contributed by atoms with Gasteiger partial charge < -0.3 is 10.2 Å². The van der Waals surface area contributed by atoms with E-state index in [-0.39, 0.29) is 30.3 Å². The summed E-state index contributed by atoms with van der Waals surface area (Å²) in [5.74, 6) is 0.187. The molecule has 1 rings (SSSR count). The lowest BCUT2D eigenvalue weighted by atomic mass is 10.0. The predicted octanol–water partition coefficient (Wildman–Crippen LogP) is 2.48.